The van der Waals surface area contributed by atoms with E-state index in [1.807, 2.05) is 24.5 Å². The number of carbonyl (C=O) groups is 1. The molecule has 1 aromatic heterocycles. The van der Waals surface area contributed by atoms with Crippen molar-refractivity contribution < 1.29 is 4.79 Å². The molecule has 1 atom stereocenters. The molecule has 1 aliphatic heterocycles. The van der Waals surface area contributed by atoms with Crippen LogP contribution in [0.1, 0.15) is 62.3 Å². The average Bonchev–Trinajstić information content (AvgIpc) is 3.36. The smallest absolute Gasteiger partial charge is 0.317 e. The van der Waals surface area contributed by atoms with Crippen LogP contribution in [-0.2, 0) is 13.0 Å². The molecule has 5 rings (SSSR count). The molecule has 2 saturated carbocycles. The fraction of sp³-hybridized carbons (Fsp3) is 0.625. The van der Waals surface area contributed by atoms with Gasteiger partial charge in [0.2, 0.25) is 0 Å². The molecule has 0 radical (unpaired) electrons. The van der Waals surface area contributed by atoms with E-state index < -0.39 is 0 Å². The molecule has 1 aromatic carbocycles. The summed E-state index contributed by atoms with van der Waals surface area (Å²) in [4.78, 5) is 15.1. The molecule has 6 nitrogen and oxygen atoms in total. The third-order valence-electron chi connectivity index (χ3n) is 7.43. The number of hydrogen-bond acceptors (Lipinski definition) is 3. The molecule has 2 aliphatic carbocycles. The number of amides is 2. The van der Waals surface area contributed by atoms with E-state index in [-0.39, 0.29) is 11.4 Å². The van der Waals surface area contributed by atoms with Crippen LogP contribution in [-0.4, -0.2) is 45.3 Å². The normalized spacial score (nSPS) is 23.1. The molecule has 3 aliphatic rings. The molecule has 6 heteroatoms. The summed E-state index contributed by atoms with van der Waals surface area (Å²) in [6, 6.07) is 10.4. The van der Waals surface area contributed by atoms with Crippen molar-refractivity contribution in [1.29, 1.82) is 0 Å². The Balaban J connectivity index is 1.28. The van der Waals surface area contributed by atoms with Crippen molar-refractivity contribution in [1.82, 2.24) is 25.0 Å². The molecule has 2 heterocycles. The van der Waals surface area contributed by atoms with Crippen LogP contribution < -0.4 is 5.32 Å². The molecule has 3 fully saturated rings. The lowest BCUT2D eigenvalue weighted by Crippen LogP contribution is -2.41. The maximum Gasteiger partial charge on any atom is 0.317 e. The number of nitrogens with zero attached hydrogens (tertiary/aromatic N) is 4. The van der Waals surface area contributed by atoms with Gasteiger partial charge in [-0.1, -0.05) is 49.6 Å². The lowest BCUT2D eigenvalue weighted by molar-refractivity contribution is 0.163. The van der Waals surface area contributed by atoms with Gasteiger partial charge in [0, 0.05) is 32.1 Å². The highest BCUT2D eigenvalue weighted by Gasteiger charge is 2.50. The van der Waals surface area contributed by atoms with Crippen molar-refractivity contribution in [2.24, 2.45) is 11.3 Å². The second kappa shape index (κ2) is 8.40. The van der Waals surface area contributed by atoms with E-state index in [2.05, 4.69) is 37.1 Å². The van der Waals surface area contributed by atoms with Gasteiger partial charge in [0.25, 0.3) is 0 Å². The average molecular weight is 408 g/mol. The number of benzene rings is 1. The summed E-state index contributed by atoms with van der Waals surface area (Å²) >= 11 is 0. The Bertz CT molecular complexity index is 853. The first-order chi connectivity index (χ1) is 14.7. The van der Waals surface area contributed by atoms with Crippen LogP contribution >= 0.6 is 0 Å². The van der Waals surface area contributed by atoms with E-state index in [4.69, 9.17) is 0 Å². The predicted molar refractivity (Wildman–Crippen MR) is 116 cm³/mol. The number of urea groups is 1. The summed E-state index contributed by atoms with van der Waals surface area (Å²) in [6.45, 7) is 3.33. The lowest BCUT2D eigenvalue weighted by atomic mass is 9.67. The van der Waals surface area contributed by atoms with Gasteiger partial charge in [-0.25, -0.2) is 4.79 Å². The van der Waals surface area contributed by atoms with E-state index in [0.717, 1.165) is 37.8 Å². The minimum Gasteiger partial charge on any atom is -0.338 e. The third kappa shape index (κ3) is 4.09. The molecule has 2 amide bonds. The van der Waals surface area contributed by atoms with Crippen LogP contribution in [0.4, 0.5) is 4.79 Å². The maximum absolute atomic E-state index is 13.0. The van der Waals surface area contributed by atoms with Crippen LogP contribution in [0.2, 0.25) is 0 Å². The van der Waals surface area contributed by atoms with Crippen molar-refractivity contribution >= 4 is 6.03 Å². The van der Waals surface area contributed by atoms with Crippen molar-refractivity contribution in [2.45, 2.75) is 63.8 Å². The quantitative estimate of drug-likeness (QED) is 0.787. The Kier molecular flexibility index (Phi) is 5.48. The first-order valence-corrected chi connectivity index (χ1v) is 11.7. The number of rotatable bonds is 6. The minimum atomic E-state index is 0.0756. The molecular weight excluding hydrogens is 374 g/mol. The van der Waals surface area contributed by atoms with Crippen LogP contribution in [0, 0.1) is 11.3 Å². The fourth-order valence-corrected chi connectivity index (χ4v) is 5.56. The highest BCUT2D eigenvalue weighted by Crippen LogP contribution is 2.51. The van der Waals surface area contributed by atoms with Gasteiger partial charge in [0.1, 0.15) is 12.2 Å². The predicted octanol–water partition coefficient (Wildman–Crippen LogP) is 3.99. The van der Waals surface area contributed by atoms with Gasteiger partial charge in [-0.05, 0) is 49.0 Å². The summed E-state index contributed by atoms with van der Waals surface area (Å²) < 4.78 is 2.29. The molecule has 30 heavy (non-hydrogen) atoms. The van der Waals surface area contributed by atoms with Crippen LogP contribution in [0.15, 0.2) is 36.7 Å². The summed E-state index contributed by atoms with van der Waals surface area (Å²) in [5.74, 6) is 2.21. The SMILES string of the molecule is O=C(NCCc1ccccc1)N1CC(c2nncn2CC2CC2)C2(CCCCC2)C1. The van der Waals surface area contributed by atoms with Gasteiger partial charge in [0.15, 0.2) is 0 Å². The number of hydrogen-bond donors (Lipinski definition) is 1. The van der Waals surface area contributed by atoms with Gasteiger partial charge in [-0.15, -0.1) is 10.2 Å². The molecule has 1 unspecified atom stereocenters. The van der Waals surface area contributed by atoms with Gasteiger partial charge >= 0.3 is 6.03 Å². The number of likely N-dealkylation sites (tertiary alicyclic amines) is 1. The zero-order valence-corrected chi connectivity index (χ0v) is 17.8. The second-order valence-electron chi connectivity index (χ2n) is 9.61. The highest BCUT2D eigenvalue weighted by atomic mass is 16.2. The second-order valence-corrected chi connectivity index (χ2v) is 9.61. The molecule has 1 spiro atoms. The van der Waals surface area contributed by atoms with E-state index in [9.17, 15) is 4.79 Å². The minimum absolute atomic E-state index is 0.0756. The highest BCUT2D eigenvalue weighted by molar-refractivity contribution is 5.74. The van der Waals surface area contributed by atoms with Gasteiger partial charge in [-0.2, -0.15) is 0 Å². The summed E-state index contributed by atoms with van der Waals surface area (Å²) in [7, 11) is 0. The number of carbonyl (C=O) groups excluding carboxylic acids is 1. The monoisotopic (exact) mass is 407 g/mol. The summed E-state index contributed by atoms with van der Waals surface area (Å²) in [6.07, 6.45) is 11.6. The van der Waals surface area contributed by atoms with E-state index in [1.165, 1.54) is 50.5 Å². The lowest BCUT2D eigenvalue weighted by Gasteiger charge is -2.37. The topological polar surface area (TPSA) is 63.1 Å². The maximum atomic E-state index is 13.0. The van der Waals surface area contributed by atoms with Crippen molar-refractivity contribution in [3.05, 3.63) is 48.0 Å². The Morgan fingerprint density at radius 1 is 1.13 bits per heavy atom. The Hall–Kier alpha value is -2.37. The molecule has 0 bridgehead atoms. The first-order valence-electron chi connectivity index (χ1n) is 11.7. The zero-order chi connectivity index (χ0) is 20.4. The fourth-order valence-electron chi connectivity index (χ4n) is 5.56. The Morgan fingerprint density at radius 2 is 1.93 bits per heavy atom. The largest absolute Gasteiger partial charge is 0.338 e. The van der Waals surface area contributed by atoms with Crippen LogP contribution in [0.5, 0.6) is 0 Å². The van der Waals surface area contributed by atoms with Crippen LogP contribution in [0.3, 0.4) is 0 Å². The van der Waals surface area contributed by atoms with E-state index >= 15 is 0 Å². The van der Waals surface area contributed by atoms with Gasteiger partial charge in [-0.3, -0.25) is 0 Å². The number of nitrogens with one attached hydrogen (secondary N) is 1. The number of aromatic nitrogens is 3. The molecule has 2 aromatic rings. The Labute approximate surface area is 179 Å². The molecule has 160 valence electrons. The van der Waals surface area contributed by atoms with Gasteiger partial charge < -0.3 is 14.8 Å². The van der Waals surface area contributed by atoms with E-state index in [1.54, 1.807) is 0 Å². The standard InChI is InChI=1S/C24H33N5O/c30-23(25-14-11-19-7-3-1-4-8-19)28-16-21(24(17-28)12-5-2-6-13-24)22-27-26-18-29(22)15-20-9-10-20/h1,3-4,7-8,18,20-21H,2,5-6,9-17H2,(H,25,30). The Morgan fingerprint density at radius 3 is 2.70 bits per heavy atom. The van der Waals surface area contributed by atoms with Crippen LogP contribution in [0.25, 0.3) is 0 Å². The first kappa shape index (κ1) is 19.6. The summed E-state index contributed by atoms with van der Waals surface area (Å²) in [5, 5.41) is 12.0. The van der Waals surface area contributed by atoms with Crippen molar-refractivity contribution in [3.8, 4) is 0 Å². The molecule has 1 N–H and O–H groups in total. The third-order valence-corrected chi connectivity index (χ3v) is 7.43. The summed E-state index contributed by atoms with van der Waals surface area (Å²) in [5.41, 5.74) is 1.43. The van der Waals surface area contributed by atoms with E-state index in [0.29, 0.717) is 12.5 Å². The molecular formula is C24H33N5O. The van der Waals surface area contributed by atoms with Gasteiger partial charge in [0.05, 0.1) is 0 Å². The van der Waals surface area contributed by atoms with Crippen molar-refractivity contribution in [3.63, 3.8) is 0 Å². The zero-order valence-electron chi connectivity index (χ0n) is 17.8. The van der Waals surface area contributed by atoms with Crippen molar-refractivity contribution in [2.75, 3.05) is 19.6 Å². The molecule has 1 saturated heterocycles.